The van der Waals surface area contributed by atoms with E-state index in [1.165, 1.54) is 24.0 Å². The molecule has 0 spiro atoms. The molecule has 1 aliphatic carbocycles. The number of aliphatic hydroxyl groups excluding tert-OH is 1. The maximum Gasteiger partial charge on any atom is 0.103 e. The first kappa shape index (κ1) is 13.5. The zero-order valence-electron chi connectivity index (χ0n) is 10.7. The molecular weight excluding hydrogens is 244 g/mol. The molecule has 1 fully saturated rings. The number of aliphatic hydroxyl groups is 1. The summed E-state index contributed by atoms with van der Waals surface area (Å²) < 4.78 is 0. The van der Waals surface area contributed by atoms with Crippen LogP contribution in [0.4, 0.5) is 0 Å². The standard InChI is InChI=1S/C14H20N2OS/c1-10-8-11(14(15)18)2-3-12(10)9-16(6-7-17)13-4-5-13/h2-3,8,13,17H,4-7,9H2,1H3,(H2,15,18). The van der Waals surface area contributed by atoms with Crippen molar-refractivity contribution < 1.29 is 5.11 Å². The minimum atomic E-state index is 0.223. The van der Waals surface area contributed by atoms with Crippen LogP contribution in [0.25, 0.3) is 0 Å². The normalized spacial score (nSPS) is 15.1. The molecule has 1 saturated carbocycles. The molecule has 0 atom stereocenters. The van der Waals surface area contributed by atoms with Gasteiger partial charge in [-0.25, -0.2) is 0 Å². The van der Waals surface area contributed by atoms with E-state index in [0.29, 0.717) is 11.0 Å². The Morgan fingerprint density at radius 3 is 2.72 bits per heavy atom. The SMILES string of the molecule is Cc1cc(C(N)=S)ccc1CN(CCO)C1CC1. The van der Waals surface area contributed by atoms with E-state index < -0.39 is 0 Å². The van der Waals surface area contributed by atoms with Gasteiger partial charge in [-0.15, -0.1) is 0 Å². The predicted octanol–water partition coefficient (Wildman–Crippen LogP) is 1.59. The molecule has 2 rings (SSSR count). The molecule has 1 aromatic rings. The van der Waals surface area contributed by atoms with E-state index in [1.807, 2.05) is 12.1 Å². The van der Waals surface area contributed by atoms with Crippen LogP contribution in [-0.2, 0) is 6.54 Å². The third kappa shape index (κ3) is 3.28. The van der Waals surface area contributed by atoms with Crippen molar-refractivity contribution in [3.8, 4) is 0 Å². The zero-order chi connectivity index (χ0) is 13.1. The highest BCUT2D eigenvalue weighted by Gasteiger charge is 2.28. The van der Waals surface area contributed by atoms with E-state index in [-0.39, 0.29) is 6.61 Å². The fraction of sp³-hybridized carbons (Fsp3) is 0.500. The van der Waals surface area contributed by atoms with Gasteiger partial charge in [0.05, 0.1) is 6.61 Å². The summed E-state index contributed by atoms with van der Waals surface area (Å²) in [6.45, 7) is 3.96. The molecule has 0 amide bonds. The van der Waals surface area contributed by atoms with Crippen LogP contribution in [0.1, 0.15) is 29.5 Å². The lowest BCUT2D eigenvalue weighted by Gasteiger charge is -2.22. The van der Waals surface area contributed by atoms with Gasteiger partial charge in [-0.05, 0) is 37.0 Å². The van der Waals surface area contributed by atoms with Crippen LogP contribution < -0.4 is 5.73 Å². The summed E-state index contributed by atoms with van der Waals surface area (Å²) in [4.78, 5) is 2.79. The molecule has 18 heavy (non-hydrogen) atoms. The smallest absolute Gasteiger partial charge is 0.103 e. The van der Waals surface area contributed by atoms with Gasteiger partial charge in [-0.3, -0.25) is 4.90 Å². The molecule has 0 aliphatic heterocycles. The first-order valence-corrected chi connectivity index (χ1v) is 6.77. The lowest BCUT2D eigenvalue weighted by molar-refractivity contribution is 0.183. The van der Waals surface area contributed by atoms with Crippen molar-refractivity contribution in [2.24, 2.45) is 5.73 Å². The van der Waals surface area contributed by atoms with Crippen molar-refractivity contribution in [1.29, 1.82) is 0 Å². The van der Waals surface area contributed by atoms with Crippen molar-refractivity contribution in [2.45, 2.75) is 32.4 Å². The highest BCUT2D eigenvalue weighted by Crippen LogP contribution is 2.28. The van der Waals surface area contributed by atoms with Crippen LogP contribution in [-0.4, -0.2) is 34.2 Å². The average molecular weight is 264 g/mol. The Kier molecular flexibility index (Phi) is 4.32. The lowest BCUT2D eigenvalue weighted by atomic mass is 10.0. The molecular formula is C14H20N2OS. The Labute approximate surface area is 114 Å². The highest BCUT2D eigenvalue weighted by atomic mass is 32.1. The summed E-state index contributed by atoms with van der Waals surface area (Å²) in [5, 5.41) is 9.10. The highest BCUT2D eigenvalue weighted by molar-refractivity contribution is 7.80. The minimum absolute atomic E-state index is 0.223. The van der Waals surface area contributed by atoms with Crippen LogP contribution in [0.2, 0.25) is 0 Å². The van der Waals surface area contributed by atoms with E-state index in [4.69, 9.17) is 23.1 Å². The Hall–Kier alpha value is -0.970. The van der Waals surface area contributed by atoms with Crippen LogP contribution >= 0.6 is 12.2 Å². The monoisotopic (exact) mass is 264 g/mol. The van der Waals surface area contributed by atoms with E-state index in [1.54, 1.807) is 0 Å². The number of aryl methyl sites for hydroxylation is 1. The number of rotatable bonds is 6. The first-order chi connectivity index (χ1) is 8.61. The van der Waals surface area contributed by atoms with Crippen molar-refractivity contribution in [3.63, 3.8) is 0 Å². The molecule has 0 bridgehead atoms. The van der Waals surface area contributed by atoms with Gasteiger partial charge in [0.1, 0.15) is 4.99 Å². The maximum absolute atomic E-state index is 9.10. The second-order valence-electron chi connectivity index (χ2n) is 4.93. The Balaban J connectivity index is 2.10. The fourth-order valence-electron chi connectivity index (χ4n) is 2.20. The van der Waals surface area contributed by atoms with Crippen molar-refractivity contribution in [1.82, 2.24) is 4.90 Å². The molecule has 98 valence electrons. The second-order valence-corrected chi connectivity index (χ2v) is 5.37. The van der Waals surface area contributed by atoms with Gasteiger partial charge in [0.25, 0.3) is 0 Å². The van der Waals surface area contributed by atoms with Gasteiger partial charge < -0.3 is 10.8 Å². The van der Waals surface area contributed by atoms with E-state index in [0.717, 1.165) is 18.7 Å². The molecule has 3 nitrogen and oxygen atoms in total. The van der Waals surface area contributed by atoms with E-state index >= 15 is 0 Å². The number of nitrogens with zero attached hydrogens (tertiary/aromatic N) is 1. The van der Waals surface area contributed by atoms with Crippen molar-refractivity contribution >= 4 is 17.2 Å². The largest absolute Gasteiger partial charge is 0.395 e. The molecule has 1 aliphatic rings. The van der Waals surface area contributed by atoms with Crippen molar-refractivity contribution in [3.05, 3.63) is 34.9 Å². The van der Waals surface area contributed by atoms with Crippen LogP contribution in [0.5, 0.6) is 0 Å². The Bertz CT molecular complexity index is 443. The number of thiocarbonyl (C=S) groups is 1. The third-order valence-electron chi connectivity index (χ3n) is 3.45. The van der Waals surface area contributed by atoms with Gasteiger partial charge in [-0.2, -0.15) is 0 Å². The Morgan fingerprint density at radius 2 is 2.22 bits per heavy atom. The molecule has 1 aromatic carbocycles. The molecule has 3 N–H and O–H groups in total. The summed E-state index contributed by atoms with van der Waals surface area (Å²) in [5.74, 6) is 0. The summed E-state index contributed by atoms with van der Waals surface area (Å²) >= 11 is 4.98. The Morgan fingerprint density at radius 1 is 1.50 bits per heavy atom. The van der Waals surface area contributed by atoms with Gasteiger partial charge in [0.15, 0.2) is 0 Å². The fourth-order valence-corrected chi connectivity index (χ4v) is 2.33. The number of hydrogen-bond donors (Lipinski definition) is 2. The first-order valence-electron chi connectivity index (χ1n) is 6.36. The summed E-state index contributed by atoms with van der Waals surface area (Å²) in [7, 11) is 0. The molecule has 0 aromatic heterocycles. The van der Waals surface area contributed by atoms with Crippen LogP contribution in [0.15, 0.2) is 18.2 Å². The second kappa shape index (κ2) is 5.78. The summed E-state index contributed by atoms with van der Waals surface area (Å²) in [6, 6.07) is 6.78. The van der Waals surface area contributed by atoms with Gasteiger partial charge in [-0.1, -0.05) is 24.4 Å². The topological polar surface area (TPSA) is 49.5 Å². The van der Waals surface area contributed by atoms with Gasteiger partial charge in [0, 0.05) is 24.7 Å². The molecule has 0 radical (unpaired) electrons. The number of nitrogens with two attached hydrogens (primary N) is 1. The molecule has 0 saturated heterocycles. The lowest BCUT2D eigenvalue weighted by Crippen LogP contribution is -2.29. The van der Waals surface area contributed by atoms with E-state index in [2.05, 4.69) is 17.9 Å². The van der Waals surface area contributed by atoms with E-state index in [9.17, 15) is 0 Å². The van der Waals surface area contributed by atoms with Crippen LogP contribution in [0.3, 0.4) is 0 Å². The van der Waals surface area contributed by atoms with Crippen LogP contribution in [0, 0.1) is 6.92 Å². The molecule has 0 unspecified atom stereocenters. The molecule has 0 heterocycles. The molecule has 4 heteroatoms. The minimum Gasteiger partial charge on any atom is -0.395 e. The van der Waals surface area contributed by atoms with Gasteiger partial charge >= 0.3 is 0 Å². The summed E-state index contributed by atoms with van der Waals surface area (Å²) in [6.07, 6.45) is 2.51. The average Bonchev–Trinajstić information content (AvgIpc) is 3.14. The third-order valence-corrected chi connectivity index (χ3v) is 3.69. The number of hydrogen-bond acceptors (Lipinski definition) is 3. The maximum atomic E-state index is 9.10. The quantitative estimate of drug-likeness (QED) is 0.766. The van der Waals surface area contributed by atoms with Gasteiger partial charge in [0.2, 0.25) is 0 Å². The predicted molar refractivity (Wildman–Crippen MR) is 77.6 cm³/mol. The summed E-state index contributed by atoms with van der Waals surface area (Å²) in [5.41, 5.74) is 9.05. The number of benzene rings is 1. The van der Waals surface area contributed by atoms with Crippen molar-refractivity contribution in [2.75, 3.05) is 13.2 Å². The zero-order valence-corrected chi connectivity index (χ0v) is 11.5.